The first-order chi connectivity index (χ1) is 8.13. The second-order valence-corrected chi connectivity index (χ2v) is 3.69. The molecule has 0 aliphatic rings. The van der Waals surface area contributed by atoms with Gasteiger partial charge in [0.2, 0.25) is 5.88 Å². The number of rotatable bonds is 3. The van der Waals surface area contributed by atoms with Gasteiger partial charge in [0.1, 0.15) is 11.8 Å². The summed E-state index contributed by atoms with van der Waals surface area (Å²) in [6.45, 7) is 1.87. The SMILES string of the molecule is COc1nccnc1C(O)c1cc(C)nn1C. The molecular weight excluding hydrogens is 220 g/mol. The maximum absolute atomic E-state index is 10.3. The minimum Gasteiger partial charge on any atom is -0.480 e. The van der Waals surface area contributed by atoms with E-state index in [1.807, 2.05) is 6.92 Å². The summed E-state index contributed by atoms with van der Waals surface area (Å²) in [5, 5.41) is 14.4. The van der Waals surface area contributed by atoms with E-state index in [1.54, 1.807) is 17.8 Å². The van der Waals surface area contributed by atoms with Gasteiger partial charge in [-0.2, -0.15) is 5.10 Å². The Morgan fingerprint density at radius 2 is 2.06 bits per heavy atom. The predicted molar refractivity (Wildman–Crippen MR) is 60.6 cm³/mol. The highest BCUT2D eigenvalue weighted by atomic mass is 16.5. The molecule has 0 aliphatic carbocycles. The van der Waals surface area contributed by atoms with E-state index in [1.165, 1.54) is 19.5 Å². The Labute approximate surface area is 98.9 Å². The number of ether oxygens (including phenoxy) is 1. The van der Waals surface area contributed by atoms with Crippen LogP contribution in [0.4, 0.5) is 0 Å². The molecule has 2 aromatic rings. The van der Waals surface area contributed by atoms with Crippen molar-refractivity contribution in [3.05, 3.63) is 35.5 Å². The van der Waals surface area contributed by atoms with Crippen LogP contribution in [-0.4, -0.2) is 32.0 Å². The van der Waals surface area contributed by atoms with Crippen LogP contribution in [0.1, 0.15) is 23.2 Å². The third-order valence-corrected chi connectivity index (χ3v) is 2.46. The Balaban J connectivity index is 2.43. The number of methoxy groups -OCH3 is 1. The zero-order valence-electron chi connectivity index (χ0n) is 9.95. The van der Waals surface area contributed by atoms with E-state index in [4.69, 9.17) is 4.74 Å². The van der Waals surface area contributed by atoms with Crippen LogP contribution >= 0.6 is 0 Å². The van der Waals surface area contributed by atoms with E-state index in [2.05, 4.69) is 15.1 Å². The van der Waals surface area contributed by atoms with Crippen LogP contribution < -0.4 is 4.74 Å². The maximum atomic E-state index is 10.3. The van der Waals surface area contributed by atoms with Gasteiger partial charge in [0, 0.05) is 19.4 Å². The quantitative estimate of drug-likeness (QED) is 0.842. The lowest BCUT2D eigenvalue weighted by atomic mass is 10.2. The van der Waals surface area contributed by atoms with Crippen molar-refractivity contribution in [2.24, 2.45) is 7.05 Å². The third kappa shape index (κ3) is 2.12. The lowest BCUT2D eigenvalue weighted by Gasteiger charge is -2.12. The van der Waals surface area contributed by atoms with Crippen LogP contribution in [0.2, 0.25) is 0 Å². The van der Waals surface area contributed by atoms with Crippen LogP contribution in [0.15, 0.2) is 18.5 Å². The highest BCUT2D eigenvalue weighted by molar-refractivity contribution is 5.28. The molecule has 0 fully saturated rings. The molecule has 0 radical (unpaired) electrons. The van der Waals surface area contributed by atoms with Crippen LogP contribution in [0.25, 0.3) is 0 Å². The minimum atomic E-state index is -0.898. The molecule has 6 heteroatoms. The molecule has 90 valence electrons. The Morgan fingerprint density at radius 3 is 2.65 bits per heavy atom. The van der Waals surface area contributed by atoms with Crippen LogP contribution in [0.5, 0.6) is 5.88 Å². The zero-order valence-corrected chi connectivity index (χ0v) is 9.95. The Hall–Kier alpha value is -1.95. The predicted octanol–water partition coefficient (Wildman–Crippen LogP) is 0.609. The van der Waals surface area contributed by atoms with Gasteiger partial charge in [-0.15, -0.1) is 0 Å². The van der Waals surface area contributed by atoms with Crippen molar-refractivity contribution in [3.8, 4) is 5.88 Å². The first-order valence-electron chi connectivity index (χ1n) is 5.17. The fraction of sp³-hybridized carbons (Fsp3) is 0.364. The van der Waals surface area contributed by atoms with Gasteiger partial charge in [-0.25, -0.2) is 4.98 Å². The van der Waals surface area contributed by atoms with Crippen molar-refractivity contribution in [1.29, 1.82) is 0 Å². The maximum Gasteiger partial charge on any atom is 0.238 e. The Bertz CT molecular complexity index is 524. The molecule has 2 aromatic heterocycles. The summed E-state index contributed by atoms with van der Waals surface area (Å²) >= 11 is 0. The average molecular weight is 234 g/mol. The van der Waals surface area contributed by atoms with Crippen molar-refractivity contribution in [1.82, 2.24) is 19.7 Å². The highest BCUT2D eigenvalue weighted by Gasteiger charge is 2.21. The molecule has 0 aromatic carbocycles. The van der Waals surface area contributed by atoms with Crippen LogP contribution in [0.3, 0.4) is 0 Å². The van der Waals surface area contributed by atoms with Crippen LogP contribution in [-0.2, 0) is 7.05 Å². The van der Waals surface area contributed by atoms with E-state index < -0.39 is 6.10 Å². The first-order valence-corrected chi connectivity index (χ1v) is 5.17. The summed E-state index contributed by atoms with van der Waals surface area (Å²) in [4.78, 5) is 8.10. The van der Waals surface area contributed by atoms with Crippen molar-refractivity contribution in [3.63, 3.8) is 0 Å². The number of nitrogens with zero attached hydrogens (tertiary/aromatic N) is 4. The minimum absolute atomic E-state index is 0.318. The molecule has 0 saturated carbocycles. The van der Waals surface area contributed by atoms with Gasteiger partial charge < -0.3 is 9.84 Å². The summed E-state index contributed by atoms with van der Waals surface area (Å²) in [6, 6.07) is 1.80. The van der Waals surface area contributed by atoms with Gasteiger partial charge in [-0.1, -0.05) is 0 Å². The average Bonchev–Trinajstić information content (AvgIpc) is 2.67. The van der Waals surface area contributed by atoms with Crippen molar-refractivity contribution >= 4 is 0 Å². The molecule has 1 N–H and O–H groups in total. The number of aromatic nitrogens is 4. The Kier molecular flexibility index (Phi) is 3.06. The molecule has 1 unspecified atom stereocenters. The smallest absolute Gasteiger partial charge is 0.238 e. The number of aryl methyl sites for hydroxylation is 2. The first kappa shape index (κ1) is 11.5. The van der Waals surface area contributed by atoms with E-state index in [0.717, 1.165) is 5.69 Å². The largest absolute Gasteiger partial charge is 0.480 e. The van der Waals surface area contributed by atoms with Crippen molar-refractivity contribution in [2.45, 2.75) is 13.0 Å². The molecular formula is C11H14N4O2. The van der Waals surface area contributed by atoms with E-state index in [9.17, 15) is 5.11 Å². The van der Waals surface area contributed by atoms with E-state index in [-0.39, 0.29) is 0 Å². The van der Waals surface area contributed by atoms with Crippen LogP contribution in [0, 0.1) is 6.92 Å². The zero-order chi connectivity index (χ0) is 12.4. The summed E-state index contributed by atoms with van der Waals surface area (Å²) in [7, 11) is 3.27. The molecule has 6 nitrogen and oxygen atoms in total. The van der Waals surface area contributed by atoms with E-state index >= 15 is 0 Å². The number of aliphatic hydroxyl groups is 1. The number of hydrogen-bond donors (Lipinski definition) is 1. The topological polar surface area (TPSA) is 73.1 Å². The Morgan fingerprint density at radius 1 is 1.35 bits per heavy atom. The van der Waals surface area contributed by atoms with Gasteiger partial charge in [0.05, 0.1) is 18.5 Å². The van der Waals surface area contributed by atoms with Crippen molar-refractivity contribution < 1.29 is 9.84 Å². The fourth-order valence-corrected chi connectivity index (χ4v) is 1.71. The third-order valence-electron chi connectivity index (χ3n) is 2.46. The molecule has 2 heterocycles. The summed E-state index contributed by atoms with van der Waals surface area (Å²) in [5.74, 6) is 0.318. The normalized spacial score (nSPS) is 12.5. The molecule has 0 amide bonds. The number of hydrogen-bond acceptors (Lipinski definition) is 5. The molecule has 17 heavy (non-hydrogen) atoms. The molecule has 0 saturated heterocycles. The lowest BCUT2D eigenvalue weighted by Crippen LogP contribution is -2.10. The van der Waals surface area contributed by atoms with Gasteiger partial charge in [0.15, 0.2) is 0 Å². The summed E-state index contributed by atoms with van der Waals surface area (Å²) in [6.07, 6.45) is 2.14. The van der Waals surface area contributed by atoms with Gasteiger partial charge >= 0.3 is 0 Å². The second kappa shape index (κ2) is 4.50. The second-order valence-electron chi connectivity index (χ2n) is 3.69. The van der Waals surface area contributed by atoms with Gasteiger partial charge in [-0.3, -0.25) is 9.67 Å². The summed E-state index contributed by atoms with van der Waals surface area (Å²) < 4.78 is 6.69. The molecule has 0 spiro atoms. The monoisotopic (exact) mass is 234 g/mol. The molecule has 0 bridgehead atoms. The standard InChI is InChI=1S/C11H14N4O2/c1-7-6-8(15(2)14-7)10(16)9-11(17-3)13-5-4-12-9/h4-6,10,16H,1-3H3. The van der Waals surface area contributed by atoms with Gasteiger partial charge in [0.25, 0.3) is 0 Å². The highest BCUT2D eigenvalue weighted by Crippen LogP contribution is 2.25. The molecule has 1 atom stereocenters. The summed E-state index contributed by atoms with van der Waals surface area (Å²) in [5.41, 5.74) is 1.88. The molecule has 0 aliphatic heterocycles. The number of aliphatic hydroxyl groups excluding tert-OH is 1. The molecule has 2 rings (SSSR count). The van der Waals surface area contributed by atoms with Gasteiger partial charge in [-0.05, 0) is 13.0 Å². The fourth-order valence-electron chi connectivity index (χ4n) is 1.71. The van der Waals surface area contributed by atoms with Crippen molar-refractivity contribution in [2.75, 3.05) is 7.11 Å². The lowest BCUT2D eigenvalue weighted by molar-refractivity contribution is 0.198. The van der Waals surface area contributed by atoms with E-state index in [0.29, 0.717) is 17.3 Å².